The molecule has 0 spiro atoms. The summed E-state index contributed by atoms with van der Waals surface area (Å²) < 4.78 is 0. The third kappa shape index (κ3) is 2.38. The van der Waals surface area contributed by atoms with E-state index in [-0.39, 0.29) is 23.9 Å². The molecule has 17 heavy (non-hydrogen) atoms. The summed E-state index contributed by atoms with van der Waals surface area (Å²) in [6.07, 6.45) is 3.98. The van der Waals surface area contributed by atoms with E-state index in [9.17, 15) is 9.59 Å². The van der Waals surface area contributed by atoms with E-state index in [0.29, 0.717) is 0 Å². The second-order valence-corrected chi connectivity index (χ2v) is 5.79. The number of hydrogen-bond donors (Lipinski definition) is 1. The number of halogens is 2. The van der Waals surface area contributed by atoms with Gasteiger partial charge in [-0.15, -0.1) is 0 Å². The number of nitrogens with zero attached hydrogens (tertiary/aromatic N) is 1. The molecule has 96 valence electrons. The Hall–Kier alpha value is -0.480. The van der Waals surface area contributed by atoms with Gasteiger partial charge in [-0.25, -0.2) is 0 Å². The fraction of sp³-hybridized carbons (Fsp3) is 0.818. The highest BCUT2D eigenvalue weighted by Gasteiger charge is 2.44. The number of piperazine rings is 1. The van der Waals surface area contributed by atoms with Gasteiger partial charge in [0.05, 0.1) is 6.04 Å². The maximum Gasteiger partial charge on any atom is 0.256 e. The minimum absolute atomic E-state index is 0.0453. The Bertz CT molecular complexity index is 335. The minimum Gasteiger partial charge on any atom is -0.350 e. The van der Waals surface area contributed by atoms with Crippen LogP contribution in [-0.4, -0.2) is 39.7 Å². The van der Waals surface area contributed by atoms with Gasteiger partial charge in [-0.1, -0.05) is 36.0 Å². The van der Waals surface area contributed by atoms with Gasteiger partial charge < -0.3 is 10.2 Å². The molecule has 2 amide bonds. The number of fused-ring (bicyclic) bond motifs is 1. The highest BCUT2D eigenvalue weighted by atomic mass is 35.5. The van der Waals surface area contributed by atoms with E-state index in [2.05, 4.69) is 5.32 Å². The molecule has 3 atom stereocenters. The highest BCUT2D eigenvalue weighted by molar-refractivity contribution is 6.53. The Morgan fingerprint density at radius 1 is 1.41 bits per heavy atom. The van der Waals surface area contributed by atoms with Crippen LogP contribution < -0.4 is 5.32 Å². The SMILES string of the molecule is CC1C(=O)NC2CCCCC2N1C(=O)C(Cl)Cl. The highest BCUT2D eigenvalue weighted by Crippen LogP contribution is 2.29. The van der Waals surface area contributed by atoms with Crippen molar-refractivity contribution in [1.29, 1.82) is 0 Å². The molecule has 1 saturated heterocycles. The van der Waals surface area contributed by atoms with Crippen molar-refractivity contribution in [3.8, 4) is 0 Å². The number of rotatable bonds is 1. The van der Waals surface area contributed by atoms with Gasteiger partial charge in [-0.2, -0.15) is 0 Å². The van der Waals surface area contributed by atoms with Gasteiger partial charge in [0.2, 0.25) is 5.91 Å². The molecule has 0 aromatic heterocycles. The number of nitrogens with one attached hydrogen (secondary N) is 1. The molecular weight excluding hydrogens is 263 g/mol. The predicted octanol–water partition coefficient (Wildman–Crippen LogP) is 1.45. The summed E-state index contributed by atoms with van der Waals surface area (Å²) in [6, 6.07) is -0.380. The number of amides is 2. The summed E-state index contributed by atoms with van der Waals surface area (Å²) >= 11 is 11.3. The maximum absolute atomic E-state index is 12.0. The molecule has 1 aliphatic heterocycles. The molecule has 1 heterocycles. The first kappa shape index (κ1) is 13.0. The lowest BCUT2D eigenvalue weighted by molar-refractivity contribution is -0.148. The summed E-state index contributed by atoms with van der Waals surface area (Å²) in [5.41, 5.74) is 0. The van der Waals surface area contributed by atoms with Gasteiger partial charge in [-0.3, -0.25) is 9.59 Å². The molecule has 6 heteroatoms. The minimum atomic E-state index is -1.09. The van der Waals surface area contributed by atoms with E-state index in [1.807, 2.05) is 0 Å². The molecule has 0 bridgehead atoms. The van der Waals surface area contributed by atoms with Gasteiger partial charge >= 0.3 is 0 Å². The lowest BCUT2D eigenvalue weighted by Crippen LogP contribution is -2.67. The van der Waals surface area contributed by atoms with Crippen molar-refractivity contribution in [1.82, 2.24) is 10.2 Å². The van der Waals surface area contributed by atoms with Crippen LogP contribution in [0.15, 0.2) is 0 Å². The van der Waals surface area contributed by atoms with Crippen LogP contribution in [0.4, 0.5) is 0 Å². The van der Waals surface area contributed by atoms with E-state index in [0.717, 1.165) is 25.7 Å². The van der Waals surface area contributed by atoms with E-state index in [1.54, 1.807) is 11.8 Å². The lowest BCUT2D eigenvalue weighted by Gasteiger charge is -2.47. The molecule has 3 unspecified atom stereocenters. The molecule has 4 nitrogen and oxygen atoms in total. The van der Waals surface area contributed by atoms with Crippen LogP contribution in [0.25, 0.3) is 0 Å². The Labute approximate surface area is 111 Å². The number of carbonyl (C=O) groups is 2. The predicted molar refractivity (Wildman–Crippen MR) is 66.0 cm³/mol. The fourth-order valence-electron chi connectivity index (χ4n) is 2.80. The average molecular weight is 279 g/mol. The van der Waals surface area contributed by atoms with Crippen molar-refractivity contribution in [2.24, 2.45) is 0 Å². The van der Waals surface area contributed by atoms with E-state index >= 15 is 0 Å². The lowest BCUT2D eigenvalue weighted by atomic mass is 9.86. The van der Waals surface area contributed by atoms with E-state index in [4.69, 9.17) is 23.2 Å². The standard InChI is InChI=1S/C11H16Cl2N2O2/c1-6-10(16)14-7-4-2-3-5-8(7)15(6)11(17)9(12)13/h6-9H,2-5H2,1H3,(H,14,16). The van der Waals surface area contributed by atoms with Gasteiger partial charge in [0.15, 0.2) is 4.84 Å². The van der Waals surface area contributed by atoms with Gasteiger partial charge in [0.1, 0.15) is 6.04 Å². The fourth-order valence-corrected chi connectivity index (χ4v) is 3.02. The third-order valence-electron chi connectivity index (χ3n) is 3.65. The monoisotopic (exact) mass is 278 g/mol. The van der Waals surface area contributed by atoms with Crippen molar-refractivity contribution in [2.75, 3.05) is 0 Å². The first-order valence-corrected chi connectivity index (χ1v) is 6.80. The first-order chi connectivity index (χ1) is 8.02. The zero-order valence-electron chi connectivity index (χ0n) is 9.66. The second-order valence-electron chi connectivity index (χ2n) is 4.69. The average Bonchev–Trinajstić information content (AvgIpc) is 2.30. The molecule has 1 aliphatic carbocycles. The van der Waals surface area contributed by atoms with E-state index < -0.39 is 10.9 Å². The van der Waals surface area contributed by atoms with Gasteiger partial charge in [-0.05, 0) is 19.8 Å². The maximum atomic E-state index is 12.0. The number of hydrogen-bond acceptors (Lipinski definition) is 2. The molecule has 0 aromatic rings. The van der Waals surface area contributed by atoms with Crippen LogP contribution in [0, 0.1) is 0 Å². The second kappa shape index (κ2) is 5.02. The topological polar surface area (TPSA) is 49.4 Å². The molecule has 0 aromatic carbocycles. The zero-order valence-corrected chi connectivity index (χ0v) is 11.2. The van der Waals surface area contributed by atoms with Crippen LogP contribution in [0.1, 0.15) is 32.6 Å². The van der Waals surface area contributed by atoms with Crippen molar-refractivity contribution in [3.63, 3.8) is 0 Å². The van der Waals surface area contributed by atoms with Gasteiger partial charge in [0.25, 0.3) is 5.91 Å². The Kier molecular flexibility index (Phi) is 3.83. The Morgan fingerprint density at radius 2 is 2.06 bits per heavy atom. The largest absolute Gasteiger partial charge is 0.350 e. The molecule has 1 saturated carbocycles. The summed E-state index contributed by atoms with van der Waals surface area (Å²) in [5.74, 6) is -0.469. The molecule has 2 aliphatic rings. The Balaban J connectivity index is 2.24. The van der Waals surface area contributed by atoms with Crippen molar-refractivity contribution < 1.29 is 9.59 Å². The summed E-state index contributed by atoms with van der Waals surface area (Å²) in [6.45, 7) is 1.72. The molecule has 0 radical (unpaired) electrons. The number of carbonyl (C=O) groups excluding carboxylic acids is 2. The molecular formula is C11H16Cl2N2O2. The van der Waals surface area contributed by atoms with Crippen LogP contribution in [-0.2, 0) is 9.59 Å². The van der Waals surface area contributed by atoms with Crippen LogP contribution in [0.2, 0.25) is 0 Å². The summed E-state index contributed by atoms with van der Waals surface area (Å²) in [7, 11) is 0. The molecule has 2 rings (SSSR count). The molecule has 2 fully saturated rings. The quantitative estimate of drug-likeness (QED) is 0.738. The van der Waals surface area contributed by atoms with Crippen LogP contribution >= 0.6 is 23.2 Å². The first-order valence-electron chi connectivity index (χ1n) is 5.93. The number of alkyl halides is 2. The van der Waals surface area contributed by atoms with E-state index in [1.165, 1.54) is 0 Å². The normalized spacial score (nSPS) is 33.3. The Morgan fingerprint density at radius 3 is 2.71 bits per heavy atom. The molecule has 1 N–H and O–H groups in total. The van der Waals surface area contributed by atoms with Crippen molar-refractivity contribution in [3.05, 3.63) is 0 Å². The summed E-state index contributed by atoms with van der Waals surface area (Å²) in [5, 5.41) is 2.97. The zero-order chi connectivity index (χ0) is 12.6. The van der Waals surface area contributed by atoms with Crippen molar-refractivity contribution in [2.45, 2.75) is 55.6 Å². The van der Waals surface area contributed by atoms with Crippen LogP contribution in [0.5, 0.6) is 0 Å². The van der Waals surface area contributed by atoms with Crippen LogP contribution in [0.3, 0.4) is 0 Å². The van der Waals surface area contributed by atoms with Gasteiger partial charge in [0, 0.05) is 6.04 Å². The summed E-state index contributed by atoms with van der Waals surface area (Å²) in [4.78, 5) is 24.3. The van der Waals surface area contributed by atoms with Crippen molar-refractivity contribution >= 4 is 35.0 Å². The third-order valence-corrected chi connectivity index (χ3v) is 4.03. The smallest absolute Gasteiger partial charge is 0.256 e.